The molecule has 1 aliphatic rings. The number of likely N-dealkylation sites (tertiary alicyclic amines) is 1. The minimum Gasteiger partial charge on any atom is -0.334 e. The number of pyridine rings is 1. The fourth-order valence-electron chi connectivity index (χ4n) is 3.80. The second-order valence-corrected chi connectivity index (χ2v) is 8.24. The lowest BCUT2D eigenvalue weighted by atomic mass is 10.0. The van der Waals surface area contributed by atoms with Gasteiger partial charge in [0, 0.05) is 31.4 Å². The highest BCUT2D eigenvalue weighted by Gasteiger charge is 2.31. The van der Waals surface area contributed by atoms with E-state index in [1.165, 1.54) is 4.57 Å². The second kappa shape index (κ2) is 10.4. The normalized spacial score (nSPS) is 16.1. The molecule has 30 heavy (non-hydrogen) atoms. The summed E-state index contributed by atoms with van der Waals surface area (Å²) in [7, 11) is 0. The van der Waals surface area contributed by atoms with Crippen molar-refractivity contribution in [1.82, 2.24) is 19.4 Å². The third kappa shape index (κ3) is 4.87. The molecule has 1 amide bonds. The molecule has 1 aliphatic heterocycles. The lowest BCUT2D eigenvalue weighted by Crippen LogP contribution is -2.41. The van der Waals surface area contributed by atoms with Crippen molar-refractivity contribution in [3.8, 4) is 0 Å². The predicted molar refractivity (Wildman–Crippen MR) is 123 cm³/mol. The SMILES string of the molecule is CC(C)Cn1c(=O)[nH]c(=O)c2c(C(=O)N3CCCC3CN)cc(C(C)C)nc21.Cl.Cl. The quantitative estimate of drug-likeness (QED) is 0.711. The summed E-state index contributed by atoms with van der Waals surface area (Å²) in [6.07, 6.45) is 1.75. The highest BCUT2D eigenvalue weighted by molar-refractivity contribution is 6.05. The summed E-state index contributed by atoms with van der Waals surface area (Å²) in [4.78, 5) is 47.3. The number of carbonyl (C=O) groups is 1. The van der Waals surface area contributed by atoms with Crippen molar-refractivity contribution in [2.75, 3.05) is 13.1 Å². The van der Waals surface area contributed by atoms with Crippen LogP contribution in [0.1, 0.15) is 62.5 Å². The summed E-state index contributed by atoms with van der Waals surface area (Å²) in [6.45, 7) is 9.32. The van der Waals surface area contributed by atoms with Crippen LogP contribution in [0.2, 0.25) is 0 Å². The Morgan fingerprint density at radius 1 is 1.27 bits per heavy atom. The van der Waals surface area contributed by atoms with E-state index in [0.29, 0.717) is 30.9 Å². The van der Waals surface area contributed by atoms with Gasteiger partial charge >= 0.3 is 5.69 Å². The molecule has 168 valence electrons. The molecule has 0 bridgehead atoms. The van der Waals surface area contributed by atoms with Crippen molar-refractivity contribution in [3.05, 3.63) is 38.2 Å². The van der Waals surface area contributed by atoms with Crippen LogP contribution in [0.15, 0.2) is 15.7 Å². The molecule has 0 aromatic carbocycles. The topological polar surface area (TPSA) is 114 Å². The van der Waals surface area contributed by atoms with Gasteiger partial charge in [0.15, 0.2) is 5.65 Å². The van der Waals surface area contributed by atoms with Crippen LogP contribution in [0.25, 0.3) is 11.0 Å². The van der Waals surface area contributed by atoms with Gasteiger partial charge in [0.1, 0.15) is 0 Å². The molecule has 3 heterocycles. The first-order valence-electron chi connectivity index (χ1n) is 9.93. The van der Waals surface area contributed by atoms with E-state index in [4.69, 9.17) is 5.73 Å². The third-order valence-electron chi connectivity index (χ3n) is 5.25. The Bertz CT molecular complexity index is 1020. The second-order valence-electron chi connectivity index (χ2n) is 8.24. The molecule has 3 rings (SSSR count). The molecule has 2 aromatic heterocycles. The molecule has 0 aliphatic carbocycles. The average Bonchev–Trinajstić information content (AvgIpc) is 3.11. The molecule has 1 saturated heterocycles. The molecule has 0 spiro atoms. The van der Waals surface area contributed by atoms with E-state index in [9.17, 15) is 14.4 Å². The van der Waals surface area contributed by atoms with Crippen molar-refractivity contribution < 1.29 is 4.79 Å². The molecule has 2 aromatic rings. The number of aromatic amines is 1. The Morgan fingerprint density at radius 3 is 2.50 bits per heavy atom. The minimum absolute atomic E-state index is 0. The number of fused-ring (bicyclic) bond motifs is 1. The molecular formula is C20H31Cl2N5O3. The summed E-state index contributed by atoms with van der Waals surface area (Å²) in [5.41, 5.74) is 6.02. The van der Waals surface area contributed by atoms with E-state index in [1.54, 1.807) is 11.0 Å². The van der Waals surface area contributed by atoms with Crippen LogP contribution >= 0.6 is 24.8 Å². The lowest BCUT2D eigenvalue weighted by Gasteiger charge is -2.24. The zero-order chi connectivity index (χ0) is 20.6. The number of nitrogens with two attached hydrogens (primary N) is 1. The number of nitrogens with zero attached hydrogens (tertiary/aromatic N) is 3. The van der Waals surface area contributed by atoms with Crippen LogP contribution < -0.4 is 17.0 Å². The smallest absolute Gasteiger partial charge is 0.330 e. The largest absolute Gasteiger partial charge is 0.334 e. The zero-order valence-corrected chi connectivity index (χ0v) is 19.4. The van der Waals surface area contributed by atoms with Crippen LogP contribution in [0, 0.1) is 5.92 Å². The summed E-state index contributed by atoms with van der Waals surface area (Å²) >= 11 is 0. The van der Waals surface area contributed by atoms with Crippen LogP contribution in [0.4, 0.5) is 0 Å². The Morgan fingerprint density at radius 2 is 1.93 bits per heavy atom. The molecule has 1 unspecified atom stereocenters. The van der Waals surface area contributed by atoms with Gasteiger partial charge in [-0.25, -0.2) is 9.78 Å². The molecule has 0 radical (unpaired) electrons. The highest BCUT2D eigenvalue weighted by atomic mass is 35.5. The van der Waals surface area contributed by atoms with Crippen LogP contribution in [0.3, 0.4) is 0 Å². The number of nitrogens with one attached hydrogen (secondary N) is 1. The van der Waals surface area contributed by atoms with E-state index in [2.05, 4.69) is 9.97 Å². The van der Waals surface area contributed by atoms with Crippen LogP contribution in [-0.4, -0.2) is 44.5 Å². The van der Waals surface area contributed by atoms with Crippen LogP contribution in [-0.2, 0) is 6.54 Å². The summed E-state index contributed by atoms with van der Waals surface area (Å²) in [5, 5.41) is 0.178. The Hall–Kier alpha value is -1.90. The summed E-state index contributed by atoms with van der Waals surface area (Å²) < 4.78 is 1.47. The van der Waals surface area contributed by atoms with Gasteiger partial charge in [-0.2, -0.15) is 0 Å². The van der Waals surface area contributed by atoms with Gasteiger partial charge < -0.3 is 10.6 Å². The van der Waals surface area contributed by atoms with Crippen molar-refractivity contribution in [1.29, 1.82) is 0 Å². The van der Waals surface area contributed by atoms with Gasteiger partial charge in [-0.05, 0) is 30.7 Å². The fourth-order valence-corrected chi connectivity index (χ4v) is 3.80. The lowest BCUT2D eigenvalue weighted by molar-refractivity contribution is 0.0743. The number of rotatable bonds is 5. The number of halogens is 2. The monoisotopic (exact) mass is 459 g/mol. The van der Waals surface area contributed by atoms with Gasteiger partial charge in [-0.3, -0.25) is 19.1 Å². The van der Waals surface area contributed by atoms with Gasteiger partial charge in [0.05, 0.1) is 10.9 Å². The van der Waals surface area contributed by atoms with Crippen molar-refractivity contribution in [2.24, 2.45) is 11.7 Å². The molecule has 1 fully saturated rings. The third-order valence-corrected chi connectivity index (χ3v) is 5.25. The fraction of sp³-hybridized carbons (Fsp3) is 0.600. The average molecular weight is 460 g/mol. The van der Waals surface area contributed by atoms with Gasteiger partial charge in [-0.1, -0.05) is 27.7 Å². The summed E-state index contributed by atoms with van der Waals surface area (Å²) in [6, 6.07) is 1.67. The van der Waals surface area contributed by atoms with Crippen LogP contribution in [0.5, 0.6) is 0 Å². The molecular weight excluding hydrogens is 429 g/mol. The van der Waals surface area contributed by atoms with E-state index >= 15 is 0 Å². The number of H-pyrrole nitrogens is 1. The Kier molecular flexibility index (Phi) is 9.07. The maximum absolute atomic E-state index is 13.4. The number of amides is 1. The summed E-state index contributed by atoms with van der Waals surface area (Å²) in [5.74, 6) is -0.000110. The van der Waals surface area contributed by atoms with E-state index in [1.807, 2.05) is 27.7 Å². The standard InChI is InChI=1S/C20H29N5O3.2ClH/c1-11(2)10-25-17-16(18(26)23-20(25)28)14(8-15(22-17)12(3)4)19(27)24-7-5-6-13(24)9-21;;/h8,11-13H,5-7,9-10,21H2,1-4H3,(H,23,26,28);2*1H. The van der Waals surface area contributed by atoms with Gasteiger partial charge in [0.2, 0.25) is 0 Å². The maximum Gasteiger partial charge on any atom is 0.330 e. The van der Waals surface area contributed by atoms with Crippen molar-refractivity contribution >= 4 is 41.8 Å². The number of carbonyl (C=O) groups excluding carboxylic acids is 1. The Labute approximate surface area is 188 Å². The molecule has 10 heteroatoms. The zero-order valence-electron chi connectivity index (χ0n) is 17.8. The Balaban J connectivity index is 0.00000225. The molecule has 0 saturated carbocycles. The van der Waals surface area contributed by atoms with Gasteiger partial charge in [-0.15, -0.1) is 24.8 Å². The first kappa shape index (κ1) is 26.1. The minimum atomic E-state index is -0.574. The number of hydrogen-bond donors (Lipinski definition) is 2. The number of hydrogen-bond acceptors (Lipinski definition) is 5. The first-order valence-corrected chi connectivity index (χ1v) is 9.93. The highest BCUT2D eigenvalue weighted by Crippen LogP contribution is 2.25. The molecule has 3 N–H and O–H groups in total. The molecule has 1 atom stereocenters. The molecule has 8 nitrogen and oxygen atoms in total. The maximum atomic E-state index is 13.4. The van der Waals surface area contributed by atoms with E-state index in [0.717, 1.165) is 12.8 Å². The van der Waals surface area contributed by atoms with Crippen molar-refractivity contribution in [3.63, 3.8) is 0 Å². The number of aromatic nitrogens is 3. The van der Waals surface area contributed by atoms with E-state index < -0.39 is 11.2 Å². The first-order chi connectivity index (χ1) is 13.2. The van der Waals surface area contributed by atoms with E-state index in [-0.39, 0.29) is 59.6 Å². The van der Waals surface area contributed by atoms with Crippen molar-refractivity contribution in [2.45, 2.75) is 59.0 Å². The van der Waals surface area contributed by atoms with Gasteiger partial charge in [0.25, 0.3) is 11.5 Å². The predicted octanol–water partition coefficient (Wildman–Crippen LogP) is 2.27.